The number of guanidine groups is 1. The fourth-order valence-electron chi connectivity index (χ4n) is 0.754. The fraction of sp³-hybridized carbons (Fsp3) is 0.667. The maximum absolute atomic E-state index is 10.4. The van der Waals surface area contributed by atoms with Gasteiger partial charge in [0.1, 0.15) is 6.04 Å². The van der Waals surface area contributed by atoms with E-state index in [2.05, 4.69) is 10.2 Å². The van der Waals surface area contributed by atoms with Crippen molar-refractivity contribution in [2.24, 2.45) is 5.73 Å². The second kappa shape index (κ2) is 6.50. The molecule has 13 heavy (non-hydrogen) atoms. The lowest BCUT2D eigenvalue weighted by Gasteiger charge is -2.09. The van der Waals surface area contributed by atoms with Crippen molar-refractivity contribution in [3.05, 3.63) is 0 Å². The van der Waals surface area contributed by atoms with E-state index in [1.807, 2.05) is 0 Å². The summed E-state index contributed by atoms with van der Waals surface area (Å²) in [5.74, 6) is -1.11. The summed E-state index contributed by atoms with van der Waals surface area (Å²) in [6.07, 6.45) is 0.968. The predicted octanol–water partition coefficient (Wildman–Crippen LogP) is -0.554. The SMILES string of the molecule is N=C(N)NCCCC(NCl)C(=O)O. The molecule has 0 aliphatic rings. The van der Waals surface area contributed by atoms with Crippen LogP contribution in [0.1, 0.15) is 12.8 Å². The minimum Gasteiger partial charge on any atom is -0.480 e. The molecule has 0 bridgehead atoms. The molecule has 0 heterocycles. The lowest BCUT2D eigenvalue weighted by atomic mass is 10.2. The van der Waals surface area contributed by atoms with Crippen LogP contribution in [0.5, 0.6) is 0 Å². The van der Waals surface area contributed by atoms with Crippen molar-refractivity contribution in [2.75, 3.05) is 6.54 Å². The molecule has 6 nitrogen and oxygen atoms in total. The van der Waals surface area contributed by atoms with E-state index in [1.165, 1.54) is 0 Å². The topological polar surface area (TPSA) is 111 Å². The van der Waals surface area contributed by atoms with Crippen LogP contribution < -0.4 is 15.9 Å². The van der Waals surface area contributed by atoms with Crippen molar-refractivity contribution in [1.82, 2.24) is 10.2 Å². The molecule has 0 saturated carbocycles. The quantitative estimate of drug-likeness (QED) is 0.174. The minimum absolute atomic E-state index is 0.120. The van der Waals surface area contributed by atoms with Crippen molar-refractivity contribution in [3.8, 4) is 0 Å². The summed E-state index contributed by atoms with van der Waals surface area (Å²) < 4.78 is 0. The minimum atomic E-state index is -0.988. The third kappa shape index (κ3) is 6.18. The monoisotopic (exact) mass is 208 g/mol. The molecule has 0 aromatic heterocycles. The predicted molar refractivity (Wildman–Crippen MR) is 49.6 cm³/mol. The average molecular weight is 209 g/mol. The van der Waals surface area contributed by atoms with Crippen molar-refractivity contribution in [1.29, 1.82) is 5.41 Å². The lowest BCUT2D eigenvalue weighted by molar-refractivity contribution is -0.139. The van der Waals surface area contributed by atoms with Gasteiger partial charge in [0.25, 0.3) is 0 Å². The van der Waals surface area contributed by atoms with Gasteiger partial charge in [-0.2, -0.15) is 0 Å². The van der Waals surface area contributed by atoms with Gasteiger partial charge in [-0.05, 0) is 24.6 Å². The van der Waals surface area contributed by atoms with Gasteiger partial charge in [0.2, 0.25) is 0 Å². The molecule has 0 spiro atoms. The van der Waals surface area contributed by atoms with Crippen molar-refractivity contribution >= 4 is 23.7 Å². The fourth-order valence-corrected chi connectivity index (χ4v) is 0.956. The van der Waals surface area contributed by atoms with Crippen LogP contribution in [0, 0.1) is 5.41 Å². The molecular formula is C6H13ClN4O2. The van der Waals surface area contributed by atoms with Crippen LogP contribution >= 0.6 is 11.8 Å². The third-order valence-corrected chi connectivity index (χ3v) is 1.68. The molecule has 6 N–H and O–H groups in total. The number of nitrogens with two attached hydrogens (primary N) is 1. The maximum atomic E-state index is 10.4. The number of carbonyl (C=O) groups is 1. The normalized spacial score (nSPS) is 12.1. The van der Waals surface area contributed by atoms with E-state index in [9.17, 15) is 4.79 Å². The number of halogens is 1. The van der Waals surface area contributed by atoms with Gasteiger partial charge in [-0.1, -0.05) is 0 Å². The molecule has 0 radical (unpaired) electrons. The highest BCUT2D eigenvalue weighted by molar-refractivity contribution is 6.14. The number of hydrogen-bond donors (Lipinski definition) is 5. The van der Waals surface area contributed by atoms with Crippen LogP contribution in [-0.2, 0) is 4.79 Å². The molecule has 0 fully saturated rings. The molecule has 76 valence electrons. The van der Waals surface area contributed by atoms with Crippen LogP contribution in [-0.4, -0.2) is 29.6 Å². The number of rotatable bonds is 6. The number of aliphatic carboxylic acids is 1. The number of nitrogens with one attached hydrogen (secondary N) is 3. The smallest absolute Gasteiger partial charge is 0.321 e. The van der Waals surface area contributed by atoms with Gasteiger partial charge in [-0.25, -0.2) is 4.84 Å². The summed E-state index contributed by atoms with van der Waals surface area (Å²) in [6, 6.07) is -0.754. The summed E-state index contributed by atoms with van der Waals surface area (Å²) in [7, 11) is 0. The zero-order valence-electron chi connectivity index (χ0n) is 7.01. The van der Waals surface area contributed by atoms with Gasteiger partial charge in [0.05, 0.1) is 0 Å². The molecule has 0 amide bonds. The summed E-state index contributed by atoms with van der Waals surface area (Å²) >= 11 is 5.19. The van der Waals surface area contributed by atoms with E-state index in [4.69, 9.17) is 28.0 Å². The second-order valence-electron chi connectivity index (χ2n) is 2.48. The molecule has 0 aromatic rings. The summed E-state index contributed by atoms with van der Waals surface area (Å²) in [5.41, 5.74) is 5.02. The maximum Gasteiger partial charge on any atom is 0.321 e. The molecule has 0 aliphatic carbocycles. The van der Waals surface area contributed by atoms with Crippen molar-refractivity contribution in [2.45, 2.75) is 18.9 Å². The first-order chi connectivity index (χ1) is 6.07. The summed E-state index contributed by atoms with van der Waals surface area (Å²) in [5, 5.41) is 17.9. The van der Waals surface area contributed by atoms with Gasteiger partial charge in [-0.3, -0.25) is 10.2 Å². The molecule has 7 heteroatoms. The Hall–Kier alpha value is -1.01. The first-order valence-electron chi connectivity index (χ1n) is 3.74. The molecule has 0 aromatic carbocycles. The highest BCUT2D eigenvalue weighted by Crippen LogP contribution is 1.97. The van der Waals surface area contributed by atoms with E-state index in [1.54, 1.807) is 0 Å². The van der Waals surface area contributed by atoms with E-state index in [0.717, 1.165) is 0 Å². The van der Waals surface area contributed by atoms with Crippen molar-refractivity contribution < 1.29 is 9.90 Å². The Morgan fingerprint density at radius 1 is 1.69 bits per heavy atom. The van der Waals surface area contributed by atoms with Crippen LogP contribution in [0.15, 0.2) is 0 Å². The van der Waals surface area contributed by atoms with E-state index in [-0.39, 0.29) is 5.96 Å². The molecular weight excluding hydrogens is 196 g/mol. The van der Waals surface area contributed by atoms with Crippen LogP contribution in [0.4, 0.5) is 0 Å². The van der Waals surface area contributed by atoms with E-state index in [0.29, 0.717) is 19.4 Å². The zero-order valence-corrected chi connectivity index (χ0v) is 7.77. The third-order valence-electron chi connectivity index (χ3n) is 1.41. The van der Waals surface area contributed by atoms with Crippen LogP contribution in [0.3, 0.4) is 0 Å². The standard InChI is InChI=1S/C6H13ClN4O2/c7-11-4(5(12)13)2-1-3-10-6(8)9/h4,11H,1-3H2,(H,12,13)(H4,8,9,10). The number of hydrogen-bond acceptors (Lipinski definition) is 3. The van der Waals surface area contributed by atoms with Crippen molar-refractivity contribution in [3.63, 3.8) is 0 Å². The lowest BCUT2D eigenvalue weighted by Crippen LogP contribution is -2.34. The van der Waals surface area contributed by atoms with Gasteiger partial charge < -0.3 is 16.2 Å². The summed E-state index contributed by atoms with van der Waals surface area (Å²) in [6.45, 7) is 0.470. The Bertz CT molecular complexity index is 187. The Morgan fingerprint density at radius 2 is 2.31 bits per heavy atom. The summed E-state index contributed by atoms with van der Waals surface area (Å²) in [4.78, 5) is 12.6. The first kappa shape index (κ1) is 12.0. The Labute approximate surface area is 81.1 Å². The van der Waals surface area contributed by atoms with E-state index >= 15 is 0 Å². The molecule has 0 aliphatic heterocycles. The Morgan fingerprint density at radius 3 is 2.69 bits per heavy atom. The van der Waals surface area contributed by atoms with Crippen LogP contribution in [0.2, 0.25) is 0 Å². The van der Waals surface area contributed by atoms with Gasteiger partial charge >= 0.3 is 5.97 Å². The Kier molecular flexibility index (Phi) is 5.99. The molecule has 1 atom stereocenters. The molecule has 0 rings (SSSR count). The Balaban J connectivity index is 3.50. The van der Waals surface area contributed by atoms with Gasteiger partial charge in [-0.15, -0.1) is 0 Å². The largest absolute Gasteiger partial charge is 0.480 e. The van der Waals surface area contributed by atoms with Crippen LogP contribution in [0.25, 0.3) is 0 Å². The second-order valence-corrected chi connectivity index (χ2v) is 2.70. The van der Waals surface area contributed by atoms with E-state index < -0.39 is 12.0 Å². The molecule has 0 saturated heterocycles. The average Bonchev–Trinajstić information content (AvgIpc) is 2.03. The highest BCUT2D eigenvalue weighted by atomic mass is 35.5. The van der Waals surface area contributed by atoms with Gasteiger partial charge in [0.15, 0.2) is 5.96 Å². The number of carboxylic acid groups (broad SMARTS) is 1. The highest BCUT2D eigenvalue weighted by Gasteiger charge is 2.14. The van der Waals surface area contributed by atoms with Gasteiger partial charge in [0, 0.05) is 6.54 Å². The zero-order chi connectivity index (χ0) is 10.3. The first-order valence-corrected chi connectivity index (χ1v) is 4.12. The number of carboxylic acids is 1. The molecule has 1 unspecified atom stereocenters.